The molecule has 5 nitrogen and oxygen atoms in total. The van der Waals surface area contributed by atoms with Crippen LogP contribution in [-0.2, 0) is 16.0 Å². The number of carbonyl (C=O) groups excluding carboxylic acids is 1. The van der Waals surface area contributed by atoms with E-state index in [4.69, 9.17) is 9.47 Å². The van der Waals surface area contributed by atoms with Gasteiger partial charge in [-0.2, -0.15) is 0 Å². The highest BCUT2D eigenvalue weighted by Gasteiger charge is 2.22. The number of benzene rings is 1. The Balaban J connectivity index is 2.62. The van der Waals surface area contributed by atoms with Gasteiger partial charge in [0.25, 0.3) is 0 Å². The minimum atomic E-state index is -0.965. The molecule has 0 spiro atoms. The molecule has 1 aromatic carbocycles. The van der Waals surface area contributed by atoms with E-state index in [1.807, 2.05) is 24.3 Å². The third kappa shape index (κ3) is 4.69. The van der Waals surface area contributed by atoms with Gasteiger partial charge >= 0.3 is 5.97 Å². The van der Waals surface area contributed by atoms with Crippen molar-refractivity contribution in [2.24, 2.45) is 5.18 Å². The van der Waals surface area contributed by atoms with Gasteiger partial charge < -0.3 is 9.47 Å². The number of hydrogen-bond donors (Lipinski definition) is 0. The summed E-state index contributed by atoms with van der Waals surface area (Å²) in [7, 11) is 1.58. The van der Waals surface area contributed by atoms with Gasteiger partial charge in [-0.1, -0.05) is 23.4 Å². The fourth-order valence-corrected chi connectivity index (χ4v) is 1.73. The van der Waals surface area contributed by atoms with Crippen LogP contribution in [0.5, 0.6) is 5.75 Å². The van der Waals surface area contributed by atoms with Crippen LogP contribution in [0.2, 0.25) is 0 Å². The Labute approximate surface area is 112 Å². The average Bonchev–Trinajstić information content (AvgIpc) is 2.39. The second kappa shape index (κ2) is 7.51. The Hall–Kier alpha value is -1.91. The normalized spacial score (nSPS) is 12.0. The molecule has 0 saturated heterocycles. The zero-order valence-electron chi connectivity index (χ0n) is 11.5. The van der Waals surface area contributed by atoms with Gasteiger partial charge in [0, 0.05) is 0 Å². The smallest absolute Gasteiger partial charge is 0.334 e. The van der Waals surface area contributed by atoms with Crippen LogP contribution in [0.15, 0.2) is 29.4 Å². The van der Waals surface area contributed by atoms with Gasteiger partial charge in [-0.15, -0.1) is 4.91 Å². The lowest BCUT2D eigenvalue weighted by Crippen LogP contribution is -2.24. The Morgan fingerprint density at radius 2 is 2.00 bits per heavy atom. The molecule has 19 heavy (non-hydrogen) atoms. The largest absolute Gasteiger partial charge is 0.496 e. The first-order chi connectivity index (χ1) is 9.08. The molecule has 0 amide bonds. The fourth-order valence-electron chi connectivity index (χ4n) is 1.73. The molecular formula is C14H19NO4. The summed E-state index contributed by atoms with van der Waals surface area (Å²) in [6.07, 6.45) is 0.603. The molecule has 0 heterocycles. The van der Waals surface area contributed by atoms with Crippen LogP contribution >= 0.6 is 0 Å². The maximum absolute atomic E-state index is 11.6. The third-order valence-corrected chi connectivity index (χ3v) is 2.63. The number of aryl methyl sites for hydroxylation is 1. The van der Waals surface area contributed by atoms with Crippen LogP contribution in [0.25, 0.3) is 0 Å². The molecule has 0 aliphatic rings. The van der Waals surface area contributed by atoms with Crippen molar-refractivity contribution in [3.8, 4) is 5.75 Å². The first kappa shape index (κ1) is 15.1. The summed E-state index contributed by atoms with van der Waals surface area (Å²) in [5.41, 5.74) is 0.941. The van der Waals surface area contributed by atoms with Crippen molar-refractivity contribution in [1.82, 2.24) is 0 Å². The molecule has 1 aromatic rings. The van der Waals surface area contributed by atoms with Gasteiger partial charge in [-0.25, -0.2) is 4.79 Å². The molecule has 104 valence electrons. The first-order valence-corrected chi connectivity index (χ1v) is 6.23. The van der Waals surface area contributed by atoms with Gasteiger partial charge in [0.15, 0.2) is 6.04 Å². The van der Waals surface area contributed by atoms with E-state index in [9.17, 15) is 9.70 Å². The Morgan fingerprint density at radius 1 is 1.32 bits per heavy atom. The second-order valence-corrected chi connectivity index (χ2v) is 4.46. The summed E-state index contributed by atoms with van der Waals surface area (Å²) in [5.74, 6) is 0.171. The van der Waals surface area contributed by atoms with Gasteiger partial charge in [0.1, 0.15) is 5.75 Å². The Kier molecular flexibility index (Phi) is 5.99. The average molecular weight is 265 g/mol. The Bertz CT molecular complexity index is 431. The summed E-state index contributed by atoms with van der Waals surface area (Å²) in [5, 5.41) is 2.85. The number of para-hydroxylation sites is 1. The van der Waals surface area contributed by atoms with Gasteiger partial charge in [-0.3, -0.25) is 0 Å². The number of ether oxygens (including phenoxy) is 2. The molecule has 0 aliphatic carbocycles. The molecule has 0 bridgehead atoms. The van der Waals surface area contributed by atoms with Crippen LogP contribution in [0.3, 0.4) is 0 Å². The quantitative estimate of drug-likeness (QED) is 0.561. The van der Waals surface area contributed by atoms with Crippen molar-refractivity contribution in [2.45, 2.75) is 38.8 Å². The lowest BCUT2D eigenvalue weighted by atomic mass is 10.0. The molecule has 1 unspecified atom stereocenters. The van der Waals surface area contributed by atoms with Crippen LogP contribution in [0.1, 0.15) is 25.8 Å². The van der Waals surface area contributed by atoms with Gasteiger partial charge in [0.05, 0.1) is 13.2 Å². The van der Waals surface area contributed by atoms with Crippen molar-refractivity contribution in [1.29, 1.82) is 0 Å². The van der Waals surface area contributed by atoms with E-state index in [1.165, 1.54) is 0 Å². The minimum absolute atomic E-state index is 0.247. The van der Waals surface area contributed by atoms with E-state index in [0.717, 1.165) is 11.3 Å². The van der Waals surface area contributed by atoms with E-state index in [1.54, 1.807) is 21.0 Å². The summed E-state index contributed by atoms with van der Waals surface area (Å²) in [4.78, 5) is 22.3. The lowest BCUT2D eigenvalue weighted by Gasteiger charge is -2.13. The van der Waals surface area contributed by atoms with E-state index in [0.29, 0.717) is 12.8 Å². The van der Waals surface area contributed by atoms with Crippen molar-refractivity contribution >= 4 is 5.97 Å². The highest BCUT2D eigenvalue weighted by Crippen LogP contribution is 2.20. The molecule has 1 atom stereocenters. The number of esters is 1. The van der Waals surface area contributed by atoms with Crippen molar-refractivity contribution in [2.75, 3.05) is 7.11 Å². The summed E-state index contributed by atoms with van der Waals surface area (Å²) in [6, 6.07) is 6.52. The molecular weight excluding hydrogens is 246 g/mol. The maximum Gasteiger partial charge on any atom is 0.334 e. The maximum atomic E-state index is 11.6. The molecule has 0 fully saturated rings. The van der Waals surface area contributed by atoms with E-state index < -0.39 is 12.0 Å². The predicted molar refractivity (Wildman–Crippen MR) is 72.1 cm³/mol. The standard InChI is InChI=1S/C14H19NO4/c1-10(2)19-14(16)12(15-17)9-8-11-6-4-5-7-13(11)18-3/h4-7,10,12H,8-9H2,1-3H3. The molecule has 0 aromatic heterocycles. The predicted octanol–water partition coefficient (Wildman–Crippen LogP) is 2.71. The number of nitroso groups, excluding NO2 is 1. The van der Waals surface area contributed by atoms with Crippen LogP contribution < -0.4 is 4.74 Å². The Morgan fingerprint density at radius 3 is 2.58 bits per heavy atom. The van der Waals surface area contributed by atoms with E-state index in [2.05, 4.69) is 5.18 Å². The monoisotopic (exact) mass is 265 g/mol. The topological polar surface area (TPSA) is 65.0 Å². The molecule has 0 saturated carbocycles. The van der Waals surface area contributed by atoms with Gasteiger partial charge in [0.2, 0.25) is 0 Å². The molecule has 0 N–H and O–H groups in total. The zero-order chi connectivity index (χ0) is 14.3. The molecule has 0 aliphatic heterocycles. The number of carbonyl (C=O) groups is 1. The highest BCUT2D eigenvalue weighted by molar-refractivity contribution is 5.76. The summed E-state index contributed by atoms with van der Waals surface area (Å²) in [6.45, 7) is 3.47. The number of nitrogens with zero attached hydrogens (tertiary/aromatic N) is 1. The summed E-state index contributed by atoms with van der Waals surface area (Å²) >= 11 is 0. The second-order valence-electron chi connectivity index (χ2n) is 4.46. The van der Waals surface area contributed by atoms with Crippen LogP contribution in [-0.4, -0.2) is 25.2 Å². The third-order valence-electron chi connectivity index (χ3n) is 2.63. The van der Waals surface area contributed by atoms with Crippen molar-refractivity contribution in [3.63, 3.8) is 0 Å². The van der Waals surface area contributed by atoms with Crippen LogP contribution in [0.4, 0.5) is 0 Å². The molecule has 1 rings (SSSR count). The number of rotatable bonds is 7. The highest BCUT2D eigenvalue weighted by atomic mass is 16.5. The number of methoxy groups -OCH3 is 1. The van der Waals surface area contributed by atoms with Crippen LogP contribution in [0, 0.1) is 4.91 Å². The van der Waals surface area contributed by atoms with Gasteiger partial charge in [-0.05, 0) is 38.3 Å². The van der Waals surface area contributed by atoms with Crippen molar-refractivity contribution in [3.05, 3.63) is 34.7 Å². The zero-order valence-corrected chi connectivity index (χ0v) is 11.5. The van der Waals surface area contributed by atoms with E-state index >= 15 is 0 Å². The SMILES string of the molecule is COc1ccccc1CCC(N=O)C(=O)OC(C)C. The van der Waals surface area contributed by atoms with Crippen molar-refractivity contribution < 1.29 is 14.3 Å². The molecule has 0 radical (unpaired) electrons. The molecule has 5 heteroatoms. The minimum Gasteiger partial charge on any atom is -0.496 e. The number of hydrogen-bond acceptors (Lipinski definition) is 5. The lowest BCUT2D eigenvalue weighted by molar-refractivity contribution is -0.149. The van der Waals surface area contributed by atoms with E-state index in [-0.39, 0.29) is 6.10 Å². The first-order valence-electron chi connectivity index (χ1n) is 6.23. The summed E-state index contributed by atoms with van der Waals surface area (Å²) < 4.78 is 10.2. The fraction of sp³-hybridized carbons (Fsp3) is 0.500.